The highest BCUT2D eigenvalue weighted by atomic mass is 16.5. The Kier molecular flexibility index (Phi) is 2.56. The average molecular weight is 210 g/mol. The van der Waals surface area contributed by atoms with Crippen LogP contribution in [0.5, 0.6) is 0 Å². The first-order valence-electron chi connectivity index (χ1n) is 5.20. The molecule has 0 unspecified atom stereocenters. The molecule has 1 aliphatic rings. The second kappa shape index (κ2) is 3.73. The zero-order chi connectivity index (χ0) is 11.0. The molecule has 1 aromatic heterocycles. The molecule has 0 bridgehead atoms. The van der Waals surface area contributed by atoms with Gasteiger partial charge in [-0.2, -0.15) is 5.10 Å². The van der Waals surface area contributed by atoms with E-state index in [1.54, 1.807) is 11.8 Å². The highest BCUT2D eigenvalue weighted by Crippen LogP contribution is 2.29. The van der Waals surface area contributed by atoms with Crippen LogP contribution in [0.2, 0.25) is 0 Å². The van der Waals surface area contributed by atoms with Gasteiger partial charge in [-0.15, -0.1) is 0 Å². The van der Waals surface area contributed by atoms with Crippen LogP contribution >= 0.6 is 0 Å². The number of rotatable bonds is 3. The van der Waals surface area contributed by atoms with Crippen molar-refractivity contribution in [1.29, 1.82) is 0 Å². The SMILES string of the molecule is COC1CC(Nc2c(N)c(C)nn2C)C1. The predicted molar refractivity (Wildman–Crippen MR) is 59.8 cm³/mol. The number of nitrogens with two attached hydrogens (primary N) is 1. The molecular formula is C10H18N4O. The van der Waals surface area contributed by atoms with Crippen molar-refractivity contribution in [3.63, 3.8) is 0 Å². The second-order valence-corrected chi connectivity index (χ2v) is 4.14. The van der Waals surface area contributed by atoms with E-state index in [0.29, 0.717) is 12.1 Å². The van der Waals surface area contributed by atoms with Gasteiger partial charge in [0, 0.05) is 20.2 Å². The second-order valence-electron chi connectivity index (χ2n) is 4.14. The molecule has 0 aliphatic heterocycles. The zero-order valence-electron chi connectivity index (χ0n) is 9.45. The van der Waals surface area contributed by atoms with Crippen LogP contribution in [0.3, 0.4) is 0 Å². The summed E-state index contributed by atoms with van der Waals surface area (Å²) in [5.41, 5.74) is 7.55. The third-order valence-electron chi connectivity index (χ3n) is 3.04. The third kappa shape index (κ3) is 1.79. The van der Waals surface area contributed by atoms with Crippen LogP contribution in [0, 0.1) is 6.92 Å². The molecule has 0 saturated heterocycles. The Morgan fingerprint density at radius 1 is 1.53 bits per heavy atom. The molecule has 1 aliphatic carbocycles. The number of nitrogens with zero attached hydrogens (tertiary/aromatic N) is 2. The van der Waals surface area contributed by atoms with Crippen LogP contribution < -0.4 is 11.1 Å². The number of ether oxygens (including phenoxy) is 1. The molecule has 5 heteroatoms. The molecule has 0 radical (unpaired) electrons. The van der Waals surface area contributed by atoms with Gasteiger partial charge in [-0.3, -0.25) is 4.68 Å². The van der Waals surface area contributed by atoms with E-state index < -0.39 is 0 Å². The Bertz CT molecular complexity index is 355. The minimum Gasteiger partial charge on any atom is -0.394 e. The van der Waals surface area contributed by atoms with Crippen molar-refractivity contribution < 1.29 is 4.74 Å². The molecule has 3 N–H and O–H groups in total. The fraction of sp³-hybridized carbons (Fsp3) is 0.700. The smallest absolute Gasteiger partial charge is 0.147 e. The van der Waals surface area contributed by atoms with Crippen LogP contribution in [0.4, 0.5) is 11.5 Å². The highest BCUT2D eigenvalue weighted by molar-refractivity contribution is 5.65. The van der Waals surface area contributed by atoms with Gasteiger partial charge in [-0.1, -0.05) is 0 Å². The molecule has 1 fully saturated rings. The van der Waals surface area contributed by atoms with Crippen LogP contribution in [0.1, 0.15) is 18.5 Å². The maximum absolute atomic E-state index is 5.92. The average Bonchev–Trinajstić information content (AvgIpc) is 2.36. The van der Waals surface area contributed by atoms with E-state index in [0.717, 1.165) is 30.0 Å². The molecule has 1 aromatic rings. The molecule has 0 aromatic carbocycles. The number of nitrogen functional groups attached to an aromatic ring is 1. The first kappa shape index (κ1) is 10.3. The Balaban J connectivity index is 2.00. The maximum Gasteiger partial charge on any atom is 0.147 e. The van der Waals surface area contributed by atoms with Gasteiger partial charge in [0.2, 0.25) is 0 Å². The van der Waals surface area contributed by atoms with Gasteiger partial charge in [0.05, 0.1) is 17.5 Å². The van der Waals surface area contributed by atoms with Gasteiger partial charge in [-0.25, -0.2) is 0 Å². The van der Waals surface area contributed by atoms with Gasteiger partial charge < -0.3 is 15.8 Å². The number of aromatic nitrogens is 2. The molecule has 0 amide bonds. The molecule has 0 spiro atoms. The Morgan fingerprint density at radius 2 is 2.20 bits per heavy atom. The lowest BCUT2D eigenvalue weighted by atomic mass is 9.89. The molecular weight excluding hydrogens is 192 g/mol. The van der Waals surface area contributed by atoms with Gasteiger partial charge in [0.1, 0.15) is 5.82 Å². The van der Waals surface area contributed by atoms with Crippen molar-refractivity contribution in [3.05, 3.63) is 5.69 Å². The lowest BCUT2D eigenvalue weighted by Gasteiger charge is -2.35. The minimum absolute atomic E-state index is 0.401. The zero-order valence-corrected chi connectivity index (χ0v) is 9.45. The van der Waals surface area contributed by atoms with E-state index in [2.05, 4.69) is 10.4 Å². The summed E-state index contributed by atoms with van der Waals surface area (Å²) in [7, 11) is 3.65. The monoisotopic (exact) mass is 210 g/mol. The molecule has 15 heavy (non-hydrogen) atoms. The minimum atomic E-state index is 0.401. The fourth-order valence-corrected chi connectivity index (χ4v) is 1.91. The molecule has 84 valence electrons. The van der Waals surface area contributed by atoms with Crippen molar-refractivity contribution in [2.75, 3.05) is 18.2 Å². The van der Waals surface area contributed by atoms with E-state index in [1.807, 2.05) is 14.0 Å². The van der Waals surface area contributed by atoms with Crippen molar-refractivity contribution in [2.24, 2.45) is 7.05 Å². The maximum atomic E-state index is 5.92. The summed E-state index contributed by atoms with van der Waals surface area (Å²) in [6.07, 6.45) is 2.48. The standard InChI is InChI=1S/C10H18N4O/c1-6-9(11)10(14(2)13-6)12-7-4-8(5-7)15-3/h7-8,12H,4-5,11H2,1-3H3. The van der Waals surface area contributed by atoms with Crippen LogP contribution in [-0.2, 0) is 11.8 Å². The first-order valence-corrected chi connectivity index (χ1v) is 5.20. The number of anilines is 2. The van der Waals surface area contributed by atoms with Gasteiger partial charge in [0.25, 0.3) is 0 Å². The summed E-state index contributed by atoms with van der Waals surface area (Å²) in [5, 5.41) is 7.65. The third-order valence-corrected chi connectivity index (χ3v) is 3.04. The van der Waals surface area contributed by atoms with Gasteiger partial charge in [-0.05, 0) is 19.8 Å². The van der Waals surface area contributed by atoms with Crippen molar-refractivity contribution in [2.45, 2.75) is 31.9 Å². The molecule has 0 atom stereocenters. The summed E-state index contributed by atoms with van der Waals surface area (Å²) in [6, 6.07) is 0.465. The van der Waals surface area contributed by atoms with Gasteiger partial charge in [0.15, 0.2) is 0 Å². The fourth-order valence-electron chi connectivity index (χ4n) is 1.91. The Hall–Kier alpha value is -1.23. The van der Waals surface area contributed by atoms with Crippen LogP contribution in [0.15, 0.2) is 0 Å². The Labute approximate surface area is 89.6 Å². The van der Waals surface area contributed by atoms with Gasteiger partial charge >= 0.3 is 0 Å². The predicted octanol–water partition coefficient (Wildman–Crippen LogP) is 0.900. The first-order chi connectivity index (χ1) is 7.11. The van der Waals surface area contributed by atoms with E-state index in [4.69, 9.17) is 10.5 Å². The van der Waals surface area contributed by atoms with Crippen LogP contribution in [-0.4, -0.2) is 29.0 Å². The lowest BCUT2D eigenvalue weighted by Crippen LogP contribution is -2.40. The summed E-state index contributed by atoms with van der Waals surface area (Å²) in [5.74, 6) is 0.923. The summed E-state index contributed by atoms with van der Waals surface area (Å²) >= 11 is 0. The number of hydrogen-bond donors (Lipinski definition) is 2. The quantitative estimate of drug-likeness (QED) is 0.778. The molecule has 1 heterocycles. The summed E-state index contributed by atoms with van der Waals surface area (Å²) < 4.78 is 7.02. The topological polar surface area (TPSA) is 65.1 Å². The molecule has 2 rings (SSSR count). The van der Waals surface area contributed by atoms with E-state index in [9.17, 15) is 0 Å². The van der Waals surface area contributed by atoms with E-state index in [1.165, 1.54) is 0 Å². The molecule has 1 saturated carbocycles. The number of hydrogen-bond acceptors (Lipinski definition) is 4. The highest BCUT2D eigenvalue weighted by Gasteiger charge is 2.30. The largest absolute Gasteiger partial charge is 0.394 e. The van der Waals surface area contributed by atoms with Crippen molar-refractivity contribution in [1.82, 2.24) is 9.78 Å². The van der Waals surface area contributed by atoms with E-state index >= 15 is 0 Å². The van der Waals surface area contributed by atoms with Crippen molar-refractivity contribution >= 4 is 11.5 Å². The van der Waals surface area contributed by atoms with Crippen LogP contribution in [0.25, 0.3) is 0 Å². The lowest BCUT2D eigenvalue weighted by molar-refractivity contribution is 0.0327. The number of nitrogens with one attached hydrogen (secondary N) is 1. The molecule has 5 nitrogen and oxygen atoms in total. The number of aryl methyl sites for hydroxylation is 2. The normalized spacial score (nSPS) is 25.0. The number of methoxy groups -OCH3 is 1. The summed E-state index contributed by atoms with van der Waals surface area (Å²) in [6.45, 7) is 1.92. The Morgan fingerprint density at radius 3 is 2.67 bits per heavy atom. The summed E-state index contributed by atoms with van der Waals surface area (Å²) in [4.78, 5) is 0. The van der Waals surface area contributed by atoms with E-state index in [-0.39, 0.29) is 0 Å². The van der Waals surface area contributed by atoms with Crippen molar-refractivity contribution in [3.8, 4) is 0 Å².